The summed E-state index contributed by atoms with van der Waals surface area (Å²) < 4.78 is 23.5. The summed E-state index contributed by atoms with van der Waals surface area (Å²) in [4.78, 5) is 32.5. The van der Waals surface area contributed by atoms with Crippen molar-refractivity contribution in [2.45, 2.75) is 80.5 Å². The number of urea groups is 1. The zero-order valence-electron chi connectivity index (χ0n) is 22.7. The zero-order chi connectivity index (χ0) is 27.2. The van der Waals surface area contributed by atoms with E-state index in [0.717, 1.165) is 32.1 Å². The van der Waals surface area contributed by atoms with E-state index in [0.29, 0.717) is 38.8 Å². The molecular weight excluding hydrogens is 504 g/mol. The van der Waals surface area contributed by atoms with Gasteiger partial charge in [0.15, 0.2) is 0 Å². The van der Waals surface area contributed by atoms with Gasteiger partial charge < -0.3 is 20.2 Å². The third kappa shape index (κ3) is 5.19. The molecule has 0 atom stereocenters. The van der Waals surface area contributed by atoms with Gasteiger partial charge in [-0.1, -0.05) is 30.3 Å². The molecule has 4 aliphatic rings. The first kappa shape index (κ1) is 27.4. The quantitative estimate of drug-likeness (QED) is 0.542. The van der Waals surface area contributed by atoms with Gasteiger partial charge in [0.25, 0.3) is 0 Å². The van der Waals surface area contributed by atoms with Crippen LogP contribution in [0.3, 0.4) is 0 Å². The number of β-amino-alcohol motifs (C(OH)–C–C–N with tert-alkyl or cyclic N) is 1. The molecule has 10 heteroatoms. The molecule has 0 bridgehead atoms. The summed E-state index contributed by atoms with van der Waals surface area (Å²) in [6, 6.07) is 10.2. The second kappa shape index (κ2) is 10.1. The second-order valence-corrected chi connectivity index (χ2v) is 14.6. The van der Waals surface area contributed by atoms with Crippen LogP contribution in [0.15, 0.2) is 30.3 Å². The molecule has 4 fully saturated rings. The van der Waals surface area contributed by atoms with Gasteiger partial charge in [-0.25, -0.2) is 13.2 Å². The highest BCUT2D eigenvalue weighted by Gasteiger charge is 2.56. The van der Waals surface area contributed by atoms with Gasteiger partial charge in [0.2, 0.25) is 5.91 Å². The molecule has 2 saturated carbocycles. The van der Waals surface area contributed by atoms with Crippen molar-refractivity contribution in [3.05, 3.63) is 35.9 Å². The number of carbonyl (C=O) groups excluding carboxylic acids is 2. The Morgan fingerprint density at radius 2 is 1.68 bits per heavy atom. The third-order valence-electron chi connectivity index (χ3n) is 9.73. The molecular formula is C28H42N4O5S. The van der Waals surface area contributed by atoms with E-state index >= 15 is 0 Å². The molecule has 1 aromatic rings. The summed E-state index contributed by atoms with van der Waals surface area (Å²) >= 11 is 0. The van der Waals surface area contributed by atoms with Crippen LogP contribution in [0.4, 0.5) is 4.79 Å². The van der Waals surface area contributed by atoms with Crippen LogP contribution in [0, 0.1) is 0 Å². The Labute approximate surface area is 226 Å². The SMILES string of the molecule is CN(C)[C@]1(c2ccccc2)CC[C@]2(CC1)CN(CC(=O)NC1CCS(=O)(=O)CC1)C(=O)N2CC1(O)CCC1. The van der Waals surface area contributed by atoms with Gasteiger partial charge in [-0.2, -0.15) is 0 Å². The Bertz CT molecular complexity index is 1130. The maximum Gasteiger partial charge on any atom is 0.321 e. The molecule has 3 amide bonds. The predicted molar refractivity (Wildman–Crippen MR) is 145 cm³/mol. The van der Waals surface area contributed by atoms with Crippen molar-refractivity contribution in [1.29, 1.82) is 0 Å². The largest absolute Gasteiger partial charge is 0.388 e. The topological polar surface area (TPSA) is 110 Å². The van der Waals surface area contributed by atoms with Crippen LogP contribution in [0.1, 0.15) is 63.4 Å². The Balaban J connectivity index is 1.32. The lowest BCUT2D eigenvalue weighted by Gasteiger charge is -2.52. The number of carbonyl (C=O) groups is 2. The fourth-order valence-electron chi connectivity index (χ4n) is 7.06. The van der Waals surface area contributed by atoms with Crippen molar-refractivity contribution in [2.75, 3.05) is 45.2 Å². The Morgan fingerprint density at radius 3 is 2.24 bits per heavy atom. The highest BCUT2D eigenvalue weighted by molar-refractivity contribution is 7.91. The minimum absolute atomic E-state index is 0.0454. The van der Waals surface area contributed by atoms with Crippen molar-refractivity contribution in [2.24, 2.45) is 0 Å². The van der Waals surface area contributed by atoms with Gasteiger partial charge in [-0.3, -0.25) is 9.69 Å². The fourth-order valence-corrected chi connectivity index (χ4v) is 8.55. The lowest BCUT2D eigenvalue weighted by molar-refractivity contribution is -0.122. The van der Waals surface area contributed by atoms with Crippen LogP contribution < -0.4 is 5.32 Å². The number of nitrogens with one attached hydrogen (secondary N) is 1. The van der Waals surface area contributed by atoms with Gasteiger partial charge in [0.1, 0.15) is 16.4 Å². The third-order valence-corrected chi connectivity index (χ3v) is 11.4. The second-order valence-electron chi connectivity index (χ2n) is 12.3. The summed E-state index contributed by atoms with van der Waals surface area (Å²) in [5.74, 6) is -0.0688. The molecule has 2 aliphatic heterocycles. The summed E-state index contributed by atoms with van der Waals surface area (Å²) in [5, 5.41) is 14.0. The van der Waals surface area contributed by atoms with Crippen molar-refractivity contribution in [3.63, 3.8) is 0 Å². The number of sulfone groups is 1. The molecule has 2 N–H and O–H groups in total. The first-order chi connectivity index (χ1) is 18.0. The van der Waals surface area contributed by atoms with E-state index in [4.69, 9.17) is 0 Å². The van der Waals surface area contributed by atoms with Crippen LogP contribution in [0.25, 0.3) is 0 Å². The molecule has 1 spiro atoms. The first-order valence-electron chi connectivity index (χ1n) is 14.0. The molecule has 0 radical (unpaired) electrons. The van der Waals surface area contributed by atoms with Crippen LogP contribution in [-0.2, 0) is 20.2 Å². The standard InChI is InChI=1S/C28H42N4O5S/c1-30(2)28(22-7-4-3-5-8-22)15-13-26(14-16-28)20-31(25(34)32(26)21-27(35)11-6-12-27)19-24(33)29-23-9-17-38(36,37)18-10-23/h3-5,7-8,23,35H,6,9-21H2,1-2H3,(H,29,33)/t26-,28+. The number of hydrogen-bond donors (Lipinski definition) is 2. The highest BCUT2D eigenvalue weighted by atomic mass is 32.2. The lowest BCUT2D eigenvalue weighted by atomic mass is 9.67. The van der Waals surface area contributed by atoms with E-state index in [1.807, 2.05) is 11.0 Å². The predicted octanol–water partition coefficient (Wildman–Crippen LogP) is 2.10. The number of hydrogen-bond acceptors (Lipinski definition) is 6. The van der Waals surface area contributed by atoms with Crippen molar-refractivity contribution in [3.8, 4) is 0 Å². The fraction of sp³-hybridized carbons (Fsp3) is 0.714. The molecule has 2 heterocycles. The first-order valence-corrected chi connectivity index (χ1v) is 15.8. The van der Waals surface area contributed by atoms with Crippen molar-refractivity contribution in [1.82, 2.24) is 20.0 Å². The maximum absolute atomic E-state index is 13.7. The molecule has 9 nitrogen and oxygen atoms in total. The van der Waals surface area contributed by atoms with E-state index in [9.17, 15) is 23.1 Å². The molecule has 38 heavy (non-hydrogen) atoms. The van der Waals surface area contributed by atoms with E-state index in [-0.39, 0.29) is 41.6 Å². The monoisotopic (exact) mass is 546 g/mol. The molecule has 0 unspecified atom stereocenters. The van der Waals surface area contributed by atoms with E-state index in [1.54, 1.807) is 4.90 Å². The minimum atomic E-state index is -3.01. The lowest BCUT2D eigenvalue weighted by Crippen LogP contribution is -2.59. The van der Waals surface area contributed by atoms with Crippen molar-refractivity contribution >= 4 is 21.8 Å². The number of benzene rings is 1. The molecule has 1 aromatic carbocycles. The molecule has 5 rings (SSSR count). The zero-order valence-corrected chi connectivity index (χ0v) is 23.5. The summed E-state index contributed by atoms with van der Waals surface area (Å²) in [5.41, 5.74) is -0.111. The minimum Gasteiger partial charge on any atom is -0.388 e. The normalized spacial score (nSPS) is 28.5. The van der Waals surface area contributed by atoms with Crippen LogP contribution in [0.5, 0.6) is 0 Å². The number of aliphatic hydroxyl groups is 1. The van der Waals surface area contributed by atoms with E-state index in [1.165, 1.54) is 5.56 Å². The van der Waals surface area contributed by atoms with Gasteiger partial charge in [0, 0.05) is 18.1 Å². The number of nitrogens with zero attached hydrogens (tertiary/aromatic N) is 3. The van der Waals surface area contributed by atoms with Crippen molar-refractivity contribution < 1.29 is 23.1 Å². The molecule has 210 valence electrons. The Kier molecular flexibility index (Phi) is 7.28. The molecule has 2 saturated heterocycles. The van der Waals surface area contributed by atoms with Gasteiger partial charge >= 0.3 is 6.03 Å². The maximum atomic E-state index is 13.7. The van der Waals surface area contributed by atoms with Crippen LogP contribution >= 0.6 is 0 Å². The van der Waals surface area contributed by atoms with Gasteiger partial charge in [-0.05, 0) is 77.4 Å². The highest BCUT2D eigenvalue weighted by Crippen LogP contribution is 2.50. The molecule has 2 aliphatic carbocycles. The van der Waals surface area contributed by atoms with E-state index < -0.39 is 21.0 Å². The Hall–Kier alpha value is -2.17. The van der Waals surface area contributed by atoms with Crippen LogP contribution in [0.2, 0.25) is 0 Å². The Morgan fingerprint density at radius 1 is 1.05 bits per heavy atom. The number of rotatable bonds is 7. The van der Waals surface area contributed by atoms with E-state index in [2.05, 4.69) is 48.6 Å². The van der Waals surface area contributed by atoms with Gasteiger partial charge in [-0.15, -0.1) is 0 Å². The average molecular weight is 547 g/mol. The number of amides is 3. The van der Waals surface area contributed by atoms with Crippen LogP contribution in [-0.4, -0.2) is 103 Å². The molecule has 0 aromatic heterocycles. The summed E-state index contributed by atoms with van der Waals surface area (Å²) in [6.07, 6.45) is 6.53. The van der Waals surface area contributed by atoms with Gasteiger partial charge in [0.05, 0.1) is 29.2 Å². The summed E-state index contributed by atoms with van der Waals surface area (Å²) in [6.45, 7) is 0.730. The average Bonchev–Trinajstić information content (AvgIpc) is 3.10. The summed E-state index contributed by atoms with van der Waals surface area (Å²) in [7, 11) is 1.23. The smallest absolute Gasteiger partial charge is 0.321 e.